The third kappa shape index (κ3) is 10.0. The van der Waals surface area contributed by atoms with Gasteiger partial charge in [0.25, 0.3) is 0 Å². The number of phenols is 1. The minimum atomic E-state index is -0.727. The van der Waals surface area contributed by atoms with E-state index in [1.54, 1.807) is 28.9 Å². The average molecular weight is 998 g/mol. The fraction of sp³-hybridized carbons (Fsp3) is 0.500. The van der Waals surface area contributed by atoms with E-state index in [0.717, 1.165) is 61.5 Å². The number of piperidine rings is 3. The van der Waals surface area contributed by atoms with E-state index in [1.165, 1.54) is 18.2 Å². The number of anilines is 1. The lowest BCUT2D eigenvalue weighted by Gasteiger charge is -2.35. The highest BCUT2D eigenvalue weighted by Gasteiger charge is 2.46. The molecule has 2 atom stereocenters. The number of imide groups is 1. The largest absolute Gasteiger partial charge is 0.508 e. The molecule has 1 saturated carbocycles. The summed E-state index contributed by atoms with van der Waals surface area (Å²) in [6.45, 7) is 11.2. The van der Waals surface area contributed by atoms with Crippen molar-refractivity contribution in [3.8, 4) is 23.0 Å². The lowest BCUT2D eigenvalue weighted by atomic mass is 9.83. The maximum atomic E-state index is 17.1. The van der Waals surface area contributed by atoms with Crippen LogP contribution in [0, 0.1) is 28.4 Å². The normalized spacial score (nSPS) is 19.5. The second-order valence-corrected chi connectivity index (χ2v) is 22.2. The molecule has 3 aromatic carbocycles. The number of fused-ring (bicyclic) bond motifs is 3. The standard InChI is InChI=1S/C56H65F2N9O6/c1-7-37-42(57)14-11-35-23-36(68)25-40(47(35)37)50-48(58)51-41(28-59-50)52(67-20-8-9-32(2)29-67)62-54(61-51)73-31-56(18-19-56)30-64(5)45(70)26-55(3,4)27-46(71)66-21-16-33(17-22-66)34-10-12-38-43(24-34)65(6)63-49(38)39-13-15-44(69)60-53(39)72/h10-12,14,23-25,28,32-33,39,68H,7-9,13,15-22,26-27,29-31H2,1-6H3,(H,60,69,72)/t32-,39?/m0/s1. The molecule has 3 aliphatic heterocycles. The number of halogens is 2. The fourth-order valence-corrected chi connectivity index (χ4v) is 11.6. The number of aryl methyl sites for hydroxylation is 2. The number of amides is 4. The summed E-state index contributed by atoms with van der Waals surface area (Å²) in [6.07, 6.45) is 8.30. The van der Waals surface area contributed by atoms with Crippen molar-refractivity contribution in [2.75, 3.05) is 51.3 Å². The van der Waals surface area contributed by atoms with Crippen LogP contribution < -0.4 is 15.0 Å². The van der Waals surface area contributed by atoms with Crippen LogP contribution in [0.3, 0.4) is 0 Å². The first-order valence-corrected chi connectivity index (χ1v) is 25.9. The molecule has 3 aromatic heterocycles. The molecule has 384 valence electrons. The third-order valence-corrected chi connectivity index (χ3v) is 15.9. The Labute approximate surface area is 423 Å². The molecule has 10 rings (SSSR count). The summed E-state index contributed by atoms with van der Waals surface area (Å²) in [7, 11) is 3.66. The second-order valence-electron chi connectivity index (χ2n) is 22.2. The van der Waals surface area contributed by atoms with Crippen LogP contribution in [-0.2, 0) is 32.6 Å². The Morgan fingerprint density at radius 1 is 0.986 bits per heavy atom. The monoisotopic (exact) mass is 998 g/mol. The van der Waals surface area contributed by atoms with Crippen LogP contribution in [0.5, 0.6) is 11.8 Å². The van der Waals surface area contributed by atoms with Gasteiger partial charge in [0, 0.05) is 88.6 Å². The zero-order valence-electron chi connectivity index (χ0n) is 42.7. The number of rotatable bonds is 14. The minimum Gasteiger partial charge on any atom is -0.508 e. The van der Waals surface area contributed by atoms with Crippen molar-refractivity contribution >= 4 is 62.0 Å². The summed E-state index contributed by atoms with van der Waals surface area (Å²) >= 11 is 0. The maximum Gasteiger partial charge on any atom is 0.319 e. The molecule has 4 fully saturated rings. The number of hydrogen-bond acceptors (Lipinski definition) is 11. The van der Waals surface area contributed by atoms with E-state index in [1.807, 2.05) is 38.8 Å². The van der Waals surface area contributed by atoms with Gasteiger partial charge in [-0.05, 0) is 115 Å². The van der Waals surface area contributed by atoms with Gasteiger partial charge in [0.15, 0.2) is 5.82 Å². The molecule has 2 N–H and O–H groups in total. The number of ether oxygens (including phenoxy) is 1. The van der Waals surface area contributed by atoms with E-state index < -0.39 is 23.0 Å². The first-order chi connectivity index (χ1) is 34.9. The Balaban J connectivity index is 0.781. The number of phenolic OH excluding ortho intramolecular Hbond substituents is 1. The van der Waals surface area contributed by atoms with Crippen molar-refractivity contribution in [1.29, 1.82) is 0 Å². The molecule has 0 bridgehead atoms. The smallest absolute Gasteiger partial charge is 0.319 e. The van der Waals surface area contributed by atoms with E-state index in [2.05, 4.69) is 39.2 Å². The summed E-state index contributed by atoms with van der Waals surface area (Å²) in [4.78, 5) is 72.0. The average Bonchev–Trinajstić information content (AvgIpc) is 4.05. The molecule has 0 radical (unpaired) electrons. The van der Waals surface area contributed by atoms with Crippen LogP contribution in [0.15, 0.2) is 48.7 Å². The maximum absolute atomic E-state index is 17.1. The van der Waals surface area contributed by atoms with E-state index in [-0.39, 0.29) is 82.9 Å². The Kier molecular flexibility index (Phi) is 13.3. The fourth-order valence-electron chi connectivity index (χ4n) is 11.6. The van der Waals surface area contributed by atoms with Crippen LogP contribution in [0.2, 0.25) is 0 Å². The highest BCUT2D eigenvalue weighted by molar-refractivity contribution is 6.03. The van der Waals surface area contributed by atoms with Gasteiger partial charge in [0.1, 0.15) is 28.6 Å². The number of benzene rings is 3. The van der Waals surface area contributed by atoms with Crippen LogP contribution in [0.4, 0.5) is 14.6 Å². The van der Waals surface area contributed by atoms with Gasteiger partial charge in [-0.1, -0.05) is 45.9 Å². The van der Waals surface area contributed by atoms with Crippen LogP contribution in [0.25, 0.3) is 43.8 Å². The predicted molar refractivity (Wildman–Crippen MR) is 274 cm³/mol. The number of nitrogens with one attached hydrogen (secondary N) is 1. The molecule has 6 heterocycles. The summed E-state index contributed by atoms with van der Waals surface area (Å²) in [5, 5.41) is 20.2. The molecule has 1 aliphatic carbocycles. The lowest BCUT2D eigenvalue weighted by Crippen LogP contribution is -2.41. The zero-order chi connectivity index (χ0) is 51.5. The SMILES string of the molecule is CCc1c(F)ccc2cc(O)cc(-c3ncc4c(N5CCC[C@H](C)C5)nc(OCC5(CN(C)C(=O)CC(C)(C)CC(=O)N6CCC(c7ccc8c(C9CCC(=O)NC9=O)nn(C)c8c7)CC6)CC5)nc4c3F)c12. The van der Waals surface area contributed by atoms with Crippen molar-refractivity contribution in [2.45, 2.75) is 110 Å². The van der Waals surface area contributed by atoms with Gasteiger partial charge in [0.05, 0.1) is 29.1 Å². The molecular weight excluding hydrogens is 933 g/mol. The summed E-state index contributed by atoms with van der Waals surface area (Å²) in [5.74, 6) is -1.14. The molecule has 1 unspecified atom stereocenters. The van der Waals surface area contributed by atoms with Crippen molar-refractivity contribution in [3.05, 3.63) is 77.1 Å². The number of pyridine rings is 1. The molecule has 4 aliphatic rings. The Hall–Kier alpha value is -6.78. The van der Waals surface area contributed by atoms with Gasteiger partial charge in [-0.25, -0.2) is 8.78 Å². The number of carbonyl (C=O) groups is 4. The Bertz CT molecular complexity index is 3180. The van der Waals surface area contributed by atoms with Crippen LogP contribution >= 0.6 is 0 Å². The summed E-state index contributed by atoms with van der Waals surface area (Å²) < 4.78 is 40.5. The topological polar surface area (TPSA) is 176 Å². The van der Waals surface area contributed by atoms with E-state index in [0.29, 0.717) is 84.6 Å². The third-order valence-electron chi connectivity index (χ3n) is 15.9. The van der Waals surface area contributed by atoms with Crippen LogP contribution in [0.1, 0.15) is 121 Å². The van der Waals surface area contributed by atoms with Crippen molar-refractivity contribution < 1.29 is 37.8 Å². The first-order valence-electron chi connectivity index (χ1n) is 25.9. The zero-order valence-corrected chi connectivity index (χ0v) is 42.7. The number of carbonyl (C=O) groups excluding carboxylic acids is 4. The number of aromatic hydroxyl groups is 1. The highest BCUT2D eigenvalue weighted by atomic mass is 19.1. The highest BCUT2D eigenvalue weighted by Crippen LogP contribution is 2.47. The summed E-state index contributed by atoms with van der Waals surface area (Å²) in [6, 6.07) is 12.1. The molecule has 15 nitrogen and oxygen atoms in total. The molecule has 6 aromatic rings. The van der Waals surface area contributed by atoms with Gasteiger partial charge >= 0.3 is 6.01 Å². The van der Waals surface area contributed by atoms with Crippen molar-refractivity contribution in [2.24, 2.45) is 23.8 Å². The van der Waals surface area contributed by atoms with Crippen molar-refractivity contribution in [3.63, 3.8) is 0 Å². The van der Waals surface area contributed by atoms with E-state index in [9.17, 15) is 24.3 Å². The minimum absolute atomic E-state index is 0.0110. The van der Waals surface area contributed by atoms with Gasteiger partial charge < -0.3 is 24.5 Å². The number of nitrogens with zero attached hydrogens (tertiary/aromatic N) is 8. The second kappa shape index (κ2) is 19.6. The van der Waals surface area contributed by atoms with Crippen LogP contribution in [-0.4, -0.2) is 110 Å². The van der Waals surface area contributed by atoms with Gasteiger partial charge in [0.2, 0.25) is 23.6 Å². The molecular formula is C56H65F2N9O6. The van der Waals surface area contributed by atoms with Crippen molar-refractivity contribution in [1.82, 2.24) is 39.8 Å². The molecule has 0 spiro atoms. The molecule has 3 saturated heterocycles. The summed E-state index contributed by atoms with van der Waals surface area (Å²) in [5.41, 5.74) is 2.45. The van der Waals surface area contributed by atoms with E-state index >= 15 is 8.78 Å². The first kappa shape index (κ1) is 49.8. The van der Waals surface area contributed by atoms with Gasteiger partial charge in [-0.15, -0.1) is 0 Å². The number of likely N-dealkylation sites (tertiary alicyclic amines) is 1. The van der Waals surface area contributed by atoms with Gasteiger partial charge in [-0.3, -0.25) is 34.2 Å². The predicted octanol–water partition coefficient (Wildman–Crippen LogP) is 8.86. The Morgan fingerprint density at radius 3 is 2.49 bits per heavy atom. The number of aromatic nitrogens is 5. The van der Waals surface area contributed by atoms with Gasteiger partial charge in [-0.2, -0.15) is 15.1 Å². The molecule has 4 amide bonds. The molecule has 73 heavy (non-hydrogen) atoms. The molecule has 17 heteroatoms. The number of hydrogen-bond donors (Lipinski definition) is 2. The lowest BCUT2D eigenvalue weighted by molar-refractivity contribution is -0.137. The quantitative estimate of drug-likeness (QED) is 0.0998. The Morgan fingerprint density at radius 2 is 1.77 bits per heavy atom. The van der Waals surface area contributed by atoms with E-state index in [4.69, 9.17) is 14.8 Å².